The average molecular weight is 211 g/mol. The number of aliphatic hydroxyl groups is 1. The molecule has 1 aliphatic rings. The van der Waals surface area contributed by atoms with Crippen molar-refractivity contribution in [1.82, 2.24) is 15.1 Å². The molecule has 2 rings (SSSR count). The molecule has 0 spiro atoms. The maximum absolute atomic E-state index is 9.53. The topological polar surface area (TPSA) is 59.3 Å². The molecule has 2 atom stereocenters. The average Bonchev–Trinajstić information content (AvgIpc) is 2.74. The van der Waals surface area contributed by atoms with Gasteiger partial charge in [0.05, 0.1) is 31.6 Å². The van der Waals surface area contributed by atoms with Crippen LogP contribution in [0.25, 0.3) is 0 Å². The second-order valence-corrected chi connectivity index (χ2v) is 3.97. The summed E-state index contributed by atoms with van der Waals surface area (Å²) in [6.45, 7) is 3.78. The van der Waals surface area contributed by atoms with Gasteiger partial charge in [-0.25, -0.2) is 0 Å². The van der Waals surface area contributed by atoms with Crippen molar-refractivity contribution < 1.29 is 9.84 Å². The van der Waals surface area contributed by atoms with Crippen molar-refractivity contribution in [3.8, 4) is 0 Å². The van der Waals surface area contributed by atoms with Gasteiger partial charge < -0.3 is 15.2 Å². The van der Waals surface area contributed by atoms with E-state index in [1.165, 1.54) is 0 Å². The Hall–Kier alpha value is -0.910. The van der Waals surface area contributed by atoms with Gasteiger partial charge >= 0.3 is 0 Å². The van der Waals surface area contributed by atoms with Gasteiger partial charge in [-0.1, -0.05) is 0 Å². The fourth-order valence-corrected chi connectivity index (χ4v) is 1.70. The Kier molecular flexibility index (Phi) is 3.04. The normalized spacial score (nSPS) is 26.1. The maximum atomic E-state index is 9.53. The van der Waals surface area contributed by atoms with Gasteiger partial charge in [0.25, 0.3) is 0 Å². The molecule has 15 heavy (non-hydrogen) atoms. The summed E-state index contributed by atoms with van der Waals surface area (Å²) >= 11 is 0. The van der Waals surface area contributed by atoms with Crippen LogP contribution >= 0.6 is 0 Å². The van der Waals surface area contributed by atoms with Crippen LogP contribution in [0.3, 0.4) is 0 Å². The van der Waals surface area contributed by atoms with E-state index in [9.17, 15) is 5.11 Å². The van der Waals surface area contributed by atoms with Crippen LogP contribution in [0.4, 0.5) is 0 Å². The zero-order valence-corrected chi connectivity index (χ0v) is 9.10. The lowest BCUT2D eigenvalue weighted by Crippen LogP contribution is -2.38. The van der Waals surface area contributed by atoms with Crippen molar-refractivity contribution in [3.63, 3.8) is 0 Å². The molecule has 5 nitrogen and oxygen atoms in total. The number of hydrogen-bond donors (Lipinski definition) is 2. The fourth-order valence-electron chi connectivity index (χ4n) is 1.70. The van der Waals surface area contributed by atoms with E-state index < -0.39 is 0 Å². The molecule has 0 radical (unpaired) electrons. The SMILES string of the molecule is Cc1c(CNC2COCC2O)cnn1C. The first-order valence-electron chi connectivity index (χ1n) is 5.15. The van der Waals surface area contributed by atoms with Crippen LogP contribution in [0.5, 0.6) is 0 Å². The highest BCUT2D eigenvalue weighted by Gasteiger charge is 2.25. The fraction of sp³-hybridized carbons (Fsp3) is 0.700. The van der Waals surface area contributed by atoms with Gasteiger partial charge in [0.2, 0.25) is 0 Å². The van der Waals surface area contributed by atoms with Crippen molar-refractivity contribution in [3.05, 3.63) is 17.5 Å². The molecule has 0 aromatic carbocycles. The largest absolute Gasteiger partial charge is 0.389 e. The quantitative estimate of drug-likeness (QED) is 0.713. The van der Waals surface area contributed by atoms with Crippen molar-refractivity contribution in [2.45, 2.75) is 25.6 Å². The van der Waals surface area contributed by atoms with E-state index >= 15 is 0 Å². The number of hydrogen-bond acceptors (Lipinski definition) is 4. The summed E-state index contributed by atoms with van der Waals surface area (Å²) in [6.07, 6.45) is 1.46. The van der Waals surface area contributed by atoms with Gasteiger partial charge in [-0.3, -0.25) is 4.68 Å². The van der Waals surface area contributed by atoms with Gasteiger partial charge in [-0.2, -0.15) is 5.10 Å². The van der Waals surface area contributed by atoms with Crippen LogP contribution in [-0.2, 0) is 18.3 Å². The van der Waals surface area contributed by atoms with E-state index in [-0.39, 0.29) is 12.1 Å². The summed E-state index contributed by atoms with van der Waals surface area (Å²) < 4.78 is 7.01. The second-order valence-electron chi connectivity index (χ2n) is 3.97. The molecule has 84 valence electrons. The molecule has 1 aliphatic heterocycles. The number of nitrogens with one attached hydrogen (secondary N) is 1. The van der Waals surface area contributed by atoms with Crippen LogP contribution in [0, 0.1) is 6.92 Å². The zero-order valence-electron chi connectivity index (χ0n) is 9.10. The highest BCUT2D eigenvalue weighted by atomic mass is 16.5. The number of aliphatic hydroxyl groups excluding tert-OH is 1. The molecule has 2 unspecified atom stereocenters. The molecule has 0 saturated carbocycles. The predicted octanol–water partition coefficient (Wildman–Crippen LogP) is -0.422. The van der Waals surface area contributed by atoms with E-state index in [1.54, 1.807) is 0 Å². The van der Waals surface area contributed by atoms with Crippen LogP contribution in [0.1, 0.15) is 11.3 Å². The Morgan fingerprint density at radius 3 is 3.00 bits per heavy atom. The van der Waals surface area contributed by atoms with E-state index in [1.807, 2.05) is 24.9 Å². The van der Waals surface area contributed by atoms with E-state index in [0.29, 0.717) is 13.2 Å². The first kappa shape index (κ1) is 10.6. The summed E-state index contributed by atoms with van der Waals surface area (Å²) in [4.78, 5) is 0. The van der Waals surface area contributed by atoms with Gasteiger partial charge in [-0.05, 0) is 6.92 Å². The Balaban J connectivity index is 1.90. The summed E-state index contributed by atoms with van der Waals surface area (Å²) in [5.74, 6) is 0. The van der Waals surface area contributed by atoms with E-state index in [2.05, 4.69) is 10.4 Å². The third-order valence-electron chi connectivity index (χ3n) is 2.94. The lowest BCUT2D eigenvalue weighted by Gasteiger charge is -2.13. The van der Waals surface area contributed by atoms with Crippen molar-refractivity contribution in [2.24, 2.45) is 7.05 Å². The Bertz CT molecular complexity index is 337. The zero-order chi connectivity index (χ0) is 10.8. The van der Waals surface area contributed by atoms with Crippen molar-refractivity contribution >= 4 is 0 Å². The Labute approximate surface area is 89.0 Å². The first-order valence-corrected chi connectivity index (χ1v) is 5.15. The highest BCUT2D eigenvalue weighted by Crippen LogP contribution is 2.09. The molecule has 0 aliphatic carbocycles. The molecule has 1 aromatic heterocycles. The smallest absolute Gasteiger partial charge is 0.0948 e. The van der Waals surface area contributed by atoms with E-state index in [0.717, 1.165) is 17.8 Å². The van der Waals surface area contributed by atoms with Crippen LogP contribution in [-0.4, -0.2) is 40.2 Å². The van der Waals surface area contributed by atoms with Gasteiger partial charge in [0, 0.05) is 24.8 Å². The van der Waals surface area contributed by atoms with Crippen LogP contribution < -0.4 is 5.32 Å². The minimum absolute atomic E-state index is 0.0459. The van der Waals surface area contributed by atoms with Crippen LogP contribution in [0.2, 0.25) is 0 Å². The standard InChI is InChI=1S/C10H17N3O2/c1-7-8(4-12-13(7)2)3-11-9-5-15-6-10(9)14/h4,9-11,14H,3,5-6H2,1-2H3. The molecule has 1 aromatic rings. The molecule has 2 heterocycles. The second kappa shape index (κ2) is 4.30. The molecule has 5 heteroatoms. The van der Waals surface area contributed by atoms with Gasteiger partial charge in [-0.15, -0.1) is 0 Å². The number of nitrogens with zero attached hydrogens (tertiary/aromatic N) is 2. The van der Waals surface area contributed by atoms with Crippen molar-refractivity contribution in [1.29, 1.82) is 0 Å². The molecule has 2 N–H and O–H groups in total. The number of aryl methyl sites for hydroxylation is 1. The highest BCUT2D eigenvalue weighted by molar-refractivity contribution is 5.15. The molecule has 1 fully saturated rings. The van der Waals surface area contributed by atoms with Crippen LogP contribution in [0.15, 0.2) is 6.20 Å². The third kappa shape index (κ3) is 2.19. The predicted molar refractivity (Wildman–Crippen MR) is 55.4 cm³/mol. The maximum Gasteiger partial charge on any atom is 0.0948 e. The summed E-state index contributed by atoms with van der Waals surface area (Å²) in [5, 5.41) is 17.0. The Morgan fingerprint density at radius 1 is 1.67 bits per heavy atom. The molecule has 0 bridgehead atoms. The van der Waals surface area contributed by atoms with E-state index in [4.69, 9.17) is 4.74 Å². The number of aromatic nitrogens is 2. The molecular weight excluding hydrogens is 194 g/mol. The minimum Gasteiger partial charge on any atom is -0.389 e. The first-order chi connectivity index (χ1) is 7.18. The minimum atomic E-state index is -0.387. The monoisotopic (exact) mass is 211 g/mol. The number of ether oxygens (including phenoxy) is 1. The van der Waals surface area contributed by atoms with Gasteiger partial charge in [0.1, 0.15) is 0 Å². The molecule has 1 saturated heterocycles. The lowest BCUT2D eigenvalue weighted by molar-refractivity contribution is 0.122. The molecule has 0 amide bonds. The summed E-state index contributed by atoms with van der Waals surface area (Å²) in [7, 11) is 1.92. The lowest BCUT2D eigenvalue weighted by atomic mass is 10.2. The van der Waals surface area contributed by atoms with Crippen molar-refractivity contribution in [2.75, 3.05) is 13.2 Å². The Morgan fingerprint density at radius 2 is 2.47 bits per heavy atom. The molecular formula is C10H17N3O2. The third-order valence-corrected chi connectivity index (χ3v) is 2.94. The van der Waals surface area contributed by atoms with Gasteiger partial charge in [0.15, 0.2) is 0 Å². The summed E-state index contributed by atoms with van der Waals surface area (Å²) in [6, 6.07) is 0.0459. The number of rotatable bonds is 3. The summed E-state index contributed by atoms with van der Waals surface area (Å²) in [5.41, 5.74) is 2.31.